The summed E-state index contributed by atoms with van der Waals surface area (Å²) < 4.78 is 6.29. The Labute approximate surface area is 102 Å². The van der Waals surface area contributed by atoms with Gasteiger partial charge in [-0.05, 0) is 25.1 Å². The van der Waals surface area contributed by atoms with Gasteiger partial charge >= 0.3 is 0 Å². The number of rotatable bonds is 3. The van der Waals surface area contributed by atoms with Gasteiger partial charge in [0.1, 0.15) is 11.5 Å². The molecule has 0 fully saturated rings. The minimum absolute atomic E-state index is 0.555. The molecule has 0 N–H and O–H groups in total. The lowest BCUT2D eigenvalue weighted by Crippen LogP contribution is -1.95. The van der Waals surface area contributed by atoms with Gasteiger partial charge in [-0.2, -0.15) is 0 Å². The summed E-state index contributed by atoms with van der Waals surface area (Å²) in [5.41, 5.74) is 2.36. The van der Waals surface area contributed by atoms with E-state index in [4.69, 9.17) is 4.74 Å². The number of benzene rings is 1. The van der Waals surface area contributed by atoms with Crippen molar-refractivity contribution in [3.63, 3.8) is 0 Å². The number of ether oxygens (including phenoxy) is 1. The molecule has 4 heteroatoms. The second kappa shape index (κ2) is 4.61. The first-order valence-electron chi connectivity index (χ1n) is 4.95. The van der Waals surface area contributed by atoms with Crippen LogP contribution in [0.3, 0.4) is 0 Å². The molecule has 0 aliphatic rings. The average molecular weight is 279 g/mol. The Balaban J connectivity index is 2.44. The number of halogens is 1. The third kappa shape index (κ3) is 2.22. The van der Waals surface area contributed by atoms with Crippen molar-refractivity contribution in [2.75, 3.05) is 6.61 Å². The molecule has 82 valence electrons. The normalized spacial score (nSPS) is 10.4. The maximum absolute atomic E-state index is 5.29. The van der Waals surface area contributed by atoms with E-state index in [0.29, 0.717) is 18.1 Å². The third-order valence-corrected chi connectivity index (χ3v) is 2.60. The van der Waals surface area contributed by atoms with Crippen LogP contribution >= 0.6 is 15.9 Å². The minimum atomic E-state index is 0.555. The summed E-state index contributed by atoms with van der Waals surface area (Å²) in [6.45, 7) is 6.30. The van der Waals surface area contributed by atoms with Crippen molar-refractivity contribution in [3.8, 4) is 0 Å². The van der Waals surface area contributed by atoms with Crippen molar-refractivity contribution in [1.82, 2.24) is 9.97 Å². The Morgan fingerprint density at radius 3 is 3.00 bits per heavy atom. The van der Waals surface area contributed by atoms with Crippen molar-refractivity contribution in [1.29, 1.82) is 0 Å². The molecule has 16 heavy (non-hydrogen) atoms. The zero-order chi connectivity index (χ0) is 11.5. The van der Waals surface area contributed by atoms with Gasteiger partial charge in [0, 0.05) is 4.47 Å². The summed E-state index contributed by atoms with van der Waals surface area (Å²) in [5.74, 6) is 0.555. The van der Waals surface area contributed by atoms with E-state index in [1.165, 1.54) is 0 Å². The molecule has 0 radical (unpaired) electrons. The molecule has 0 saturated heterocycles. The maximum atomic E-state index is 5.29. The predicted octanol–water partition coefficient (Wildman–Crippen LogP) is 3.40. The summed E-state index contributed by atoms with van der Waals surface area (Å²) >= 11 is 3.39. The molecule has 1 heterocycles. The van der Waals surface area contributed by atoms with Gasteiger partial charge in [0.2, 0.25) is 0 Å². The van der Waals surface area contributed by atoms with Crippen LogP contribution in [0.15, 0.2) is 35.4 Å². The Morgan fingerprint density at radius 1 is 1.44 bits per heavy atom. The molecule has 1 aromatic heterocycles. The Hall–Kier alpha value is -1.42. The highest BCUT2D eigenvalue weighted by molar-refractivity contribution is 9.10. The van der Waals surface area contributed by atoms with Crippen molar-refractivity contribution in [2.45, 2.75) is 6.92 Å². The van der Waals surface area contributed by atoms with E-state index in [-0.39, 0.29) is 0 Å². The Bertz CT molecular complexity index is 540. The van der Waals surface area contributed by atoms with Crippen molar-refractivity contribution in [2.24, 2.45) is 0 Å². The molecule has 0 unspecified atom stereocenters. The summed E-state index contributed by atoms with van der Waals surface area (Å²) in [5, 5.41) is 0. The van der Waals surface area contributed by atoms with Crippen molar-refractivity contribution in [3.05, 3.63) is 41.1 Å². The zero-order valence-corrected chi connectivity index (χ0v) is 10.5. The van der Waals surface area contributed by atoms with Crippen LogP contribution in [-0.2, 0) is 4.74 Å². The molecule has 0 spiro atoms. The maximum Gasteiger partial charge on any atom is 0.139 e. The van der Waals surface area contributed by atoms with Crippen LogP contribution in [0.5, 0.6) is 0 Å². The molecular formula is C12H11BrN2O. The highest BCUT2D eigenvalue weighted by Gasteiger charge is 2.04. The Morgan fingerprint density at radius 2 is 2.25 bits per heavy atom. The van der Waals surface area contributed by atoms with Crippen LogP contribution in [0.2, 0.25) is 0 Å². The lowest BCUT2D eigenvalue weighted by Gasteiger charge is -2.06. The van der Waals surface area contributed by atoms with Gasteiger partial charge in [0.05, 0.1) is 23.8 Å². The molecular weight excluding hydrogens is 268 g/mol. The summed E-state index contributed by atoms with van der Waals surface area (Å²) in [7, 11) is 0. The van der Waals surface area contributed by atoms with Crippen molar-refractivity contribution >= 4 is 32.7 Å². The second-order valence-electron chi connectivity index (χ2n) is 3.24. The fourth-order valence-corrected chi connectivity index (χ4v) is 1.72. The number of aromatic nitrogens is 2. The highest BCUT2D eigenvalue weighted by Crippen LogP contribution is 2.18. The van der Waals surface area contributed by atoms with E-state index in [1.54, 1.807) is 6.20 Å². The zero-order valence-electron chi connectivity index (χ0n) is 8.90. The second-order valence-corrected chi connectivity index (χ2v) is 4.16. The van der Waals surface area contributed by atoms with Crippen LogP contribution in [-0.4, -0.2) is 16.6 Å². The summed E-state index contributed by atoms with van der Waals surface area (Å²) in [6, 6.07) is 5.77. The minimum Gasteiger partial charge on any atom is -0.492 e. The molecule has 0 amide bonds. The van der Waals surface area contributed by atoms with E-state index < -0.39 is 0 Å². The molecule has 0 saturated carbocycles. The summed E-state index contributed by atoms with van der Waals surface area (Å²) in [4.78, 5) is 8.74. The first-order chi connectivity index (χ1) is 7.70. The fourth-order valence-electron chi connectivity index (χ4n) is 1.37. The largest absolute Gasteiger partial charge is 0.492 e. The van der Waals surface area contributed by atoms with Gasteiger partial charge in [-0.25, -0.2) is 4.98 Å². The third-order valence-electron chi connectivity index (χ3n) is 2.11. The number of hydrogen-bond acceptors (Lipinski definition) is 3. The molecule has 3 nitrogen and oxygen atoms in total. The van der Waals surface area contributed by atoms with E-state index in [2.05, 4.69) is 32.5 Å². The Kier molecular flexibility index (Phi) is 3.19. The van der Waals surface area contributed by atoms with Crippen LogP contribution in [0.1, 0.15) is 12.6 Å². The standard InChI is InChI=1S/C12H11BrN2O/c1-3-16-8(2)12-7-14-11-6-9(13)4-5-10(11)15-12/h4-7H,2-3H2,1H3. The smallest absolute Gasteiger partial charge is 0.139 e. The molecule has 0 atom stereocenters. The number of fused-ring (bicyclic) bond motifs is 1. The number of nitrogens with zero attached hydrogens (tertiary/aromatic N) is 2. The predicted molar refractivity (Wildman–Crippen MR) is 67.9 cm³/mol. The first-order valence-corrected chi connectivity index (χ1v) is 5.74. The first kappa shape index (κ1) is 11.1. The van der Waals surface area contributed by atoms with E-state index in [0.717, 1.165) is 15.5 Å². The molecule has 1 aromatic carbocycles. The molecule has 0 aliphatic carbocycles. The van der Waals surface area contributed by atoms with Crippen LogP contribution < -0.4 is 0 Å². The van der Waals surface area contributed by atoms with Gasteiger partial charge in [-0.15, -0.1) is 0 Å². The monoisotopic (exact) mass is 278 g/mol. The van der Waals surface area contributed by atoms with Crippen LogP contribution in [0.25, 0.3) is 16.8 Å². The van der Waals surface area contributed by atoms with Gasteiger partial charge in [0.25, 0.3) is 0 Å². The van der Waals surface area contributed by atoms with Gasteiger partial charge in [-0.3, -0.25) is 4.98 Å². The SMILES string of the molecule is C=C(OCC)c1cnc2cc(Br)ccc2n1. The average Bonchev–Trinajstić information content (AvgIpc) is 2.28. The van der Waals surface area contributed by atoms with E-state index in [1.807, 2.05) is 25.1 Å². The molecule has 2 rings (SSSR count). The van der Waals surface area contributed by atoms with Gasteiger partial charge in [-0.1, -0.05) is 22.5 Å². The molecule has 2 aromatic rings. The fraction of sp³-hybridized carbons (Fsp3) is 0.167. The quantitative estimate of drug-likeness (QED) is 0.808. The number of hydrogen-bond donors (Lipinski definition) is 0. The molecule has 0 bridgehead atoms. The van der Waals surface area contributed by atoms with Crippen molar-refractivity contribution < 1.29 is 4.74 Å². The topological polar surface area (TPSA) is 35.0 Å². The lowest BCUT2D eigenvalue weighted by atomic mass is 10.3. The van der Waals surface area contributed by atoms with Gasteiger partial charge < -0.3 is 4.74 Å². The highest BCUT2D eigenvalue weighted by atomic mass is 79.9. The molecule has 0 aliphatic heterocycles. The van der Waals surface area contributed by atoms with Crippen LogP contribution in [0, 0.1) is 0 Å². The van der Waals surface area contributed by atoms with E-state index >= 15 is 0 Å². The van der Waals surface area contributed by atoms with Gasteiger partial charge in [0.15, 0.2) is 0 Å². The van der Waals surface area contributed by atoms with Crippen LogP contribution in [0.4, 0.5) is 0 Å². The van der Waals surface area contributed by atoms with E-state index in [9.17, 15) is 0 Å². The lowest BCUT2D eigenvalue weighted by molar-refractivity contribution is 0.298. The summed E-state index contributed by atoms with van der Waals surface area (Å²) in [6.07, 6.45) is 1.67.